The number of fused-ring (bicyclic) bond motifs is 1. The molecule has 1 aliphatic heterocycles. The molecule has 0 unspecified atom stereocenters. The molecule has 3 aromatic rings. The van der Waals surface area contributed by atoms with Gasteiger partial charge in [0.2, 0.25) is 5.75 Å². The van der Waals surface area contributed by atoms with Gasteiger partial charge in [0.05, 0.1) is 37.0 Å². The molecule has 0 fully saturated rings. The highest BCUT2D eigenvalue weighted by atomic mass is 35.5. The topological polar surface area (TPSA) is 99.4 Å². The van der Waals surface area contributed by atoms with Gasteiger partial charge in [0.25, 0.3) is 5.56 Å². The summed E-state index contributed by atoms with van der Waals surface area (Å²) in [6.45, 7) is 1.27. The predicted octanol–water partition coefficient (Wildman–Crippen LogP) is 3.72. The van der Waals surface area contributed by atoms with Crippen molar-refractivity contribution in [1.29, 1.82) is 0 Å². The number of halogens is 4. The van der Waals surface area contributed by atoms with Gasteiger partial charge in [-0.1, -0.05) is 35.1 Å². The molecule has 1 atom stereocenters. The van der Waals surface area contributed by atoms with Gasteiger partial charge in [0, 0.05) is 5.02 Å². The average molecular weight is 569 g/mol. The highest BCUT2D eigenvalue weighted by Gasteiger charge is 2.45. The van der Waals surface area contributed by atoms with E-state index in [0.717, 1.165) is 4.57 Å². The summed E-state index contributed by atoms with van der Waals surface area (Å²) in [5.74, 6) is -1.38. The fourth-order valence-corrected chi connectivity index (χ4v) is 5.08. The van der Waals surface area contributed by atoms with Crippen LogP contribution in [0.15, 0.2) is 57.5 Å². The van der Waals surface area contributed by atoms with Crippen LogP contribution in [0, 0.1) is 0 Å². The predicted molar refractivity (Wildman–Crippen MR) is 133 cm³/mol. The molecule has 0 saturated heterocycles. The molecule has 0 spiro atoms. The van der Waals surface area contributed by atoms with Crippen LogP contribution in [0.5, 0.6) is 17.2 Å². The Balaban J connectivity index is 2.04. The lowest BCUT2D eigenvalue weighted by molar-refractivity contribution is -0.140. The van der Waals surface area contributed by atoms with Crippen LogP contribution in [-0.4, -0.2) is 42.6 Å². The van der Waals surface area contributed by atoms with Crippen molar-refractivity contribution in [2.24, 2.45) is 4.99 Å². The molecular formula is C25H20ClF3N2O6S. The van der Waals surface area contributed by atoms with Crippen LogP contribution in [0.25, 0.3) is 6.08 Å². The first kappa shape index (κ1) is 27.3. The molecule has 200 valence electrons. The van der Waals surface area contributed by atoms with E-state index in [0.29, 0.717) is 21.9 Å². The van der Waals surface area contributed by atoms with Crippen LogP contribution in [0.1, 0.15) is 24.1 Å². The molecule has 0 aliphatic carbocycles. The molecule has 2 heterocycles. The lowest BCUT2D eigenvalue weighted by Gasteiger charge is -2.26. The summed E-state index contributed by atoms with van der Waals surface area (Å²) in [6.07, 6.45) is -3.62. The number of allylic oxidation sites excluding steroid dienone is 1. The van der Waals surface area contributed by atoms with Gasteiger partial charge in [-0.3, -0.25) is 9.36 Å². The van der Waals surface area contributed by atoms with Gasteiger partial charge >= 0.3 is 12.1 Å². The molecule has 38 heavy (non-hydrogen) atoms. The Bertz CT molecular complexity index is 1580. The lowest BCUT2D eigenvalue weighted by Crippen LogP contribution is -2.41. The van der Waals surface area contributed by atoms with Crippen LogP contribution < -0.4 is 24.4 Å². The molecule has 0 radical (unpaired) electrons. The van der Waals surface area contributed by atoms with E-state index < -0.39 is 35.0 Å². The number of ether oxygens (including phenoxy) is 3. The summed E-state index contributed by atoms with van der Waals surface area (Å²) >= 11 is 6.68. The van der Waals surface area contributed by atoms with E-state index in [2.05, 4.69) is 4.99 Å². The number of phenolic OH excluding ortho intramolecular Hbond substituents is 1. The average Bonchev–Trinajstić information content (AvgIpc) is 3.18. The van der Waals surface area contributed by atoms with E-state index >= 15 is 0 Å². The van der Waals surface area contributed by atoms with Gasteiger partial charge in [-0.15, -0.1) is 0 Å². The minimum absolute atomic E-state index is 0.0177. The summed E-state index contributed by atoms with van der Waals surface area (Å²) in [7, 11) is 2.65. The number of nitrogens with zero attached hydrogens (tertiary/aromatic N) is 2. The van der Waals surface area contributed by atoms with E-state index in [-0.39, 0.29) is 38.8 Å². The Morgan fingerprint density at radius 1 is 1.18 bits per heavy atom. The number of carbonyl (C=O) groups excluding carboxylic acids is 1. The Hall–Kier alpha value is -3.77. The Kier molecular flexibility index (Phi) is 7.56. The fraction of sp³-hybridized carbons (Fsp3) is 0.240. The lowest BCUT2D eigenvalue weighted by atomic mass is 9.95. The first-order valence-corrected chi connectivity index (χ1v) is 12.2. The summed E-state index contributed by atoms with van der Waals surface area (Å²) in [4.78, 5) is 29.9. The molecule has 1 aromatic heterocycles. The summed E-state index contributed by atoms with van der Waals surface area (Å²) < 4.78 is 58.8. The normalized spacial score (nSPS) is 15.7. The van der Waals surface area contributed by atoms with Gasteiger partial charge in [-0.25, -0.2) is 9.79 Å². The summed E-state index contributed by atoms with van der Waals surface area (Å²) in [6, 6.07) is 7.12. The highest BCUT2D eigenvalue weighted by molar-refractivity contribution is 7.07. The zero-order valence-electron chi connectivity index (χ0n) is 20.1. The SMILES string of the molecule is CCOC(=O)C1=C(C(F)(F)F)N=c2s/c(=C/c3cc(OC)c(O)c(OC)c3)c(=O)n2[C@@H]1c1ccc(Cl)cc1. The number of methoxy groups -OCH3 is 2. The first-order chi connectivity index (χ1) is 18.0. The third kappa shape index (κ3) is 5.01. The third-order valence-corrected chi connectivity index (χ3v) is 6.82. The van der Waals surface area contributed by atoms with E-state index in [9.17, 15) is 27.9 Å². The number of phenols is 1. The van der Waals surface area contributed by atoms with Crippen molar-refractivity contribution in [3.8, 4) is 17.2 Å². The standard InChI is InChI=1S/C25H20ClF3N2O6S/c1-4-37-23(34)18-19(13-5-7-14(26)8-6-13)31-22(33)17(38-24(31)30-21(18)25(27,28)29)11-12-9-15(35-2)20(32)16(10-12)36-3/h5-11,19,32H,4H2,1-3H3/b17-11+/t19-/m1/s1. The van der Waals surface area contributed by atoms with Gasteiger partial charge in [-0.2, -0.15) is 13.2 Å². The van der Waals surface area contributed by atoms with Crippen molar-refractivity contribution in [2.45, 2.75) is 19.1 Å². The summed E-state index contributed by atoms with van der Waals surface area (Å²) in [5, 5.41) is 10.5. The van der Waals surface area contributed by atoms with Crippen LogP contribution in [-0.2, 0) is 9.53 Å². The van der Waals surface area contributed by atoms with Crippen LogP contribution in [0.2, 0.25) is 5.02 Å². The molecule has 1 N–H and O–H groups in total. The molecule has 8 nitrogen and oxygen atoms in total. The Morgan fingerprint density at radius 2 is 1.79 bits per heavy atom. The minimum Gasteiger partial charge on any atom is -0.502 e. The molecule has 4 rings (SSSR count). The molecule has 1 aliphatic rings. The first-order valence-electron chi connectivity index (χ1n) is 11.0. The maximum Gasteiger partial charge on any atom is 0.434 e. The molecule has 13 heteroatoms. The van der Waals surface area contributed by atoms with Crippen LogP contribution in [0.4, 0.5) is 13.2 Å². The van der Waals surface area contributed by atoms with Crippen LogP contribution in [0.3, 0.4) is 0 Å². The highest BCUT2D eigenvalue weighted by Crippen LogP contribution is 2.39. The van der Waals surface area contributed by atoms with Crippen molar-refractivity contribution in [1.82, 2.24) is 4.57 Å². The van der Waals surface area contributed by atoms with Gasteiger partial charge in [-0.05, 0) is 48.4 Å². The number of hydrogen-bond acceptors (Lipinski definition) is 8. The Labute approximate surface area is 222 Å². The minimum atomic E-state index is -5.01. The number of rotatable bonds is 6. The fourth-order valence-electron chi connectivity index (χ4n) is 3.95. The van der Waals surface area contributed by atoms with Crippen molar-refractivity contribution in [3.05, 3.63) is 83.5 Å². The molecule has 0 amide bonds. The van der Waals surface area contributed by atoms with E-state index in [1.807, 2.05) is 0 Å². The van der Waals surface area contributed by atoms with Gasteiger partial charge in [0.1, 0.15) is 0 Å². The number of thiazole rings is 1. The second-order valence-corrected chi connectivity index (χ2v) is 9.33. The molecule has 2 aromatic carbocycles. The zero-order valence-corrected chi connectivity index (χ0v) is 21.7. The van der Waals surface area contributed by atoms with Gasteiger partial charge in [0.15, 0.2) is 22.0 Å². The number of aromatic nitrogens is 1. The number of hydrogen-bond donors (Lipinski definition) is 1. The molecular weight excluding hydrogens is 549 g/mol. The van der Waals surface area contributed by atoms with Crippen molar-refractivity contribution in [3.63, 3.8) is 0 Å². The summed E-state index contributed by atoms with van der Waals surface area (Å²) in [5.41, 5.74) is -2.38. The number of benzene rings is 2. The van der Waals surface area contributed by atoms with E-state index in [1.54, 1.807) is 0 Å². The maximum atomic E-state index is 14.2. The van der Waals surface area contributed by atoms with Gasteiger partial charge < -0.3 is 19.3 Å². The number of aromatic hydroxyl groups is 1. The quantitative estimate of drug-likeness (QED) is 0.455. The number of alkyl halides is 3. The Morgan fingerprint density at radius 3 is 2.32 bits per heavy atom. The second-order valence-electron chi connectivity index (χ2n) is 7.89. The zero-order chi connectivity index (χ0) is 27.8. The third-order valence-electron chi connectivity index (χ3n) is 5.58. The van der Waals surface area contributed by atoms with E-state index in [4.69, 9.17) is 25.8 Å². The number of esters is 1. The smallest absolute Gasteiger partial charge is 0.434 e. The molecule has 0 bridgehead atoms. The largest absolute Gasteiger partial charge is 0.502 e. The monoisotopic (exact) mass is 568 g/mol. The van der Waals surface area contributed by atoms with Crippen LogP contribution >= 0.6 is 22.9 Å². The maximum absolute atomic E-state index is 14.2. The van der Waals surface area contributed by atoms with E-state index in [1.165, 1.54) is 63.6 Å². The van der Waals surface area contributed by atoms with Crippen molar-refractivity contribution in [2.75, 3.05) is 20.8 Å². The van der Waals surface area contributed by atoms with Crippen molar-refractivity contribution >= 4 is 35.0 Å². The second kappa shape index (κ2) is 10.5. The molecule has 0 saturated carbocycles. The van der Waals surface area contributed by atoms with Crippen molar-refractivity contribution < 1.29 is 37.3 Å². The number of carbonyl (C=O) groups is 1.